The van der Waals surface area contributed by atoms with Crippen LogP contribution in [0.3, 0.4) is 0 Å². The molecule has 2 aromatic carbocycles. The summed E-state index contributed by atoms with van der Waals surface area (Å²) in [4.78, 5) is 12.0. The monoisotopic (exact) mass is 432 g/mol. The zero-order valence-corrected chi connectivity index (χ0v) is 17.0. The molecule has 5 N–H and O–H groups in total. The van der Waals surface area contributed by atoms with Crippen LogP contribution in [0.4, 0.5) is 11.4 Å². The highest BCUT2D eigenvalue weighted by molar-refractivity contribution is 9.10. The first-order valence-corrected chi connectivity index (χ1v) is 9.48. The van der Waals surface area contributed by atoms with Gasteiger partial charge in [-0.1, -0.05) is 48.0 Å². The summed E-state index contributed by atoms with van der Waals surface area (Å²) in [5.74, 6) is -0.190. The van der Waals surface area contributed by atoms with Gasteiger partial charge in [0.2, 0.25) is 5.91 Å². The molecule has 144 valence electrons. The first-order chi connectivity index (χ1) is 12.7. The maximum absolute atomic E-state index is 12.0. The van der Waals surface area contributed by atoms with Crippen LogP contribution in [-0.4, -0.2) is 16.1 Å². The summed E-state index contributed by atoms with van der Waals surface area (Å²) in [5, 5.41) is 23.4. The molecule has 2 rings (SSSR count). The molecule has 6 heteroatoms. The van der Waals surface area contributed by atoms with Gasteiger partial charge >= 0.3 is 0 Å². The molecule has 5 nitrogen and oxygen atoms in total. The van der Waals surface area contributed by atoms with Crippen LogP contribution in [0.1, 0.15) is 38.4 Å². The average molecular weight is 433 g/mol. The van der Waals surface area contributed by atoms with Crippen molar-refractivity contribution in [2.75, 3.05) is 11.1 Å². The van der Waals surface area contributed by atoms with E-state index in [2.05, 4.69) is 21.2 Å². The van der Waals surface area contributed by atoms with Crippen molar-refractivity contribution in [1.29, 1.82) is 0 Å². The molecule has 0 aromatic heterocycles. The topological polar surface area (TPSA) is 95.6 Å². The Kier molecular flexibility index (Phi) is 7.05. The number of amides is 1. The fraction of sp³-hybridized carbons (Fsp3) is 0.286. The minimum absolute atomic E-state index is 0.0640. The van der Waals surface area contributed by atoms with E-state index in [4.69, 9.17) is 5.73 Å². The molecular weight excluding hydrogens is 408 g/mol. The molecule has 0 fully saturated rings. The summed E-state index contributed by atoms with van der Waals surface area (Å²) < 4.78 is 0.793. The normalized spacial score (nSPS) is 12.9. The lowest BCUT2D eigenvalue weighted by molar-refractivity contribution is -0.111. The Morgan fingerprint density at radius 2 is 2.00 bits per heavy atom. The van der Waals surface area contributed by atoms with E-state index < -0.39 is 11.5 Å². The molecule has 0 saturated heterocycles. The van der Waals surface area contributed by atoms with Crippen LogP contribution >= 0.6 is 15.9 Å². The number of aliphatic hydroxyl groups excluding tert-OH is 1. The van der Waals surface area contributed by atoms with E-state index in [-0.39, 0.29) is 11.7 Å². The molecule has 2 aromatic rings. The van der Waals surface area contributed by atoms with E-state index >= 15 is 0 Å². The molecule has 0 bridgehead atoms. The number of nitrogen functional groups attached to an aromatic ring is 1. The number of allylic oxidation sites excluding steroid dienone is 1. The van der Waals surface area contributed by atoms with Gasteiger partial charge in [-0.3, -0.25) is 4.79 Å². The first-order valence-electron chi connectivity index (χ1n) is 8.69. The molecule has 0 heterocycles. The third-order valence-electron chi connectivity index (χ3n) is 4.47. The summed E-state index contributed by atoms with van der Waals surface area (Å²) in [6.07, 6.45) is 3.64. The van der Waals surface area contributed by atoms with Crippen molar-refractivity contribution in [1.82, 2.24) is 0 Å². The predicted molar refractivity (Wildman–Crippen MR) is 112 cm³/mol. The van der Waals surface area contributed by atoms with Crippen LogP contribution < -0.4 is 11.1 Å². The van der Waals surface area contributed by atoms with Crippen LogP contribution in [0, 0.1) is 5.41 Å². The van der Waals surface area contributed by atoms with Crippen molar-refractivity contribution >= 4 is 33.2 Å². The first kappa shape index (κ1) is 21.0. The van der Waals surface area contributed by atoms with Crippen LogP contribution in [-0.2, 0) is 4.79 Å². The molecule has 1 atom stereocenters. The minimum atomic E-state index is -0.832. The van der Waals surface area contributed by atoms with Gasteiger partial charge in [-0.25, -0.2) is 0 Å². The van der Waals surface area contributed by atoms with Gasteiger partial charge in [-0.15, -0.1) is 0 Å². The second-order valence-electron chi connectivity index (χ2n) is 7.11. The largest absolute Gasteiger partial charge is 0.508 e. The van der Waals surface area contributed by atoms with E-state index in [1.54, 1.807) is 48.5 Å². The zero-order chi connectivity index (χ0) is 20.0. The number of nitrogens with two attached hydrogens (primary N) is 1. The Hall–Kier alpha value is -2.31. The Bertz CT molecular complexity index is 834. The van der Waals surface area contributed by atoms with E-state index in [9.17, 15) is 15.0 Å². The number of benzene rings is 2. The van der Waals surface area contributed by atoms with Gasteiger partial charge in [0.25, 0.3) is 0 Å². The van der Waals surface area contributed by atoms with E-state index in [1.165, 1.54) is 6.08 Å². The number of hydrogen-bond donors (Lipinski definition) is 4. The number of phenolic OH excluding ortho intramolecular Hbond substituents is 1. The number of aliphatic hydroxyl groups is 1. The summed E-state index contributed by atoms with van der Waals surface area (Å²) >= 11 is 3.36. The van der Waals surface area contributed by atoms with Crippen LogP contribution in [0.25, 0.3) is 0 Å². The number of carbonyl (C=O) groups is 1. The number of hydrogen-bond acceptors (Lipinski definition) is 4. The van der Waals surface area contributed by atoms with Crippen molar-refractivity contribution < 1.29 is 15.0 Å². The Morgan fingerprint density at radius 1 is 1.30 bits per heavy atom. The lowest BCUT2D eigenvalue weighted by Gasteiger charge is -2.31. The number of nitrogens with one attached hydrogen (secondary N) is 1. The van der Waals surface area contributed by atoms with Crippen molar-refractivity contribution in [3.05, 3.63) is 64.7 Å². The fourth-order valence-electron chi connectivity index (χ4n) is 2.73. The smallest absolute Gasteiger partial charge is 0.248 e. The third kappa shape index (κ3) is 5.84. The zero-order valence-electron chi connectivity index (χ0n) is 15.4. The average Bonchev–Trinajstić information content (AvgIpc) is 2.62. The van der Waals surface area contributed by atoms with Crippen molar-refractivity contribution in [3.8, 4) is 5.75 Å². The molecule has 0 saturated carbocycles. The summed E-state index contributed by atoms with van der Waals surface area (Å²) in [5.41, 5.74) is 6.89. The molecule has 0 radical (unpaired) electrons. The maximum atomic E-state index is 12.0. The van der Waals surface area contributed by atoms with Gasteiger partial charge in [0, 0.05) is 10.0 Å². The molecule has 27 heavy (non-hydrogen) atoms. The summed E-state index contributed by atoms with van der Waals surface area (Å²) in [6.45, 7) is 3.85. The van der Waals surface area contributed by atoms with E-state index in [0.29, 0.717) is 29.8 Å². The number of para-hydroxylation sites is 2. The van der Waals surface area contributed by atoms with Gasteiger partial charge in [0.15, 0.2) is 0 Å². The molecule has 0 aliphatic carbocycles. The van der Waals surface area contributed by atoms with Crippen molar-refractivity contribution in [2.45, 2.75) is 32.8 Å². The summed E-state index contributed by atoms with van der Waals surface area (Å²) in [6, 6.07) is 12.1. The van der Waals surface area contributed by atoms with Gasteiger partial charge in [-0.05, 0) is 54.7 Å². The lowest BCUT2D eigenvalue weighted by Crippen LogP contribution is -2.22. The Labute approximate surface area is 168 Å². The molecule has 0 aliphatic heterocycles. The third-order valence-corrected chi connectivity index (χ3v) is 4.96. The van der Waals surface area contributed by atoms with E-state index in [0.717, 1.165) is 4.47 Å². The van der Waals surface area contributed by atoms with E-state index in [1.807, 2.05) is 13.8 Å². The highest BCUT2D eigenvalue weighted by Crippen LogP contribution is 2.41. The Balaban J connectivity index is 1.92. The summed E-state index contributed by atoms with van der Waals surface area (Å²) in [7, 11) is 0. The second-order valence-corrected chi connectivity index (χ2v) is 8.03. The molecule has 1 amide bonds. The van der Waals surface area contributed by atoms with Crippen molar-refractivity contribution in [2.24, 2.45) is 5.41 Å². The fourth-order valence-corrected chi connectivity index (χ4v) is 3.11. The highest BCUT2D eigenvalue weighted by Gasteiger charge is 2.30. The standard InChI is InChI=1S/C21H25BrN2O3/c1-21(2,20(27)15-13-14(22)10-11-18(15)25)12-6-5-9-19(26)24-17-8-4-3-7-16(17)23/h3-5,7-11,13,20,25,27H,6,12,23H2,1-2H3,(H,24,26)/b9-5+/t20-/m0/s1. The molecular formula is C21H25BrN2O3. The van der Waals surface area contributed by atoms with Crippen molar-refractivity contribution in [3.63, 3.8) is 0 Å². The highest BCUT2D eigenvalue weighted by atomic mass is 79.9. The van der Waals surface area contributed by atoms with Gasteiger partial charge in [0.1, 0.15) is 5.75 Å². The molecule has 0 aliphatic rings. The number of aromatic hydroxyl groups is 1. The lowest BCUT2D eigenvalue weighted by atomic mass is 9.78. The number of carbonyl (C=O) groups excluding carboxylic acids is 1. The number of phenols is 1. The number of halogens is 1. The number of anilines is 2. The van der Waals surface area contributed by atoms with Gasteiger partial charge < -0.3 is 21.3 Å². The second kappa shape index (κ2) is 9.06. The van der Waals surface area contributed by atoms with Gasteiger partial charge in [0.05, 0.1) is 17.5 Å². The van der Waals surface area contributed by atoms with Gasteiger partial charge in [-0.2, -0.15) is 0 Å². The molecule has 0 unspecified atom stereocenters. The number of rotatable bonds is 7. The van der Waals surface area contributed by atoms with Crippen LogP contribution in [0.2, 0.25) is 0 Å². The van der Waals surface area contributed by atoms with Crippen LogP contribution in [0.15, 0.2) is 59.1 Å². The predicted octanol–water partition coefficient (Wildman–Crippen LogP) is 4.77. The SMILES string of the molecule is CC(C)(CC/C=C/C(=O)Nc1ccccc1N)[C@@H](O)c1cc(Br)ccc1O. The minimum Gasteiger partial charge on any atom is -0.508 e. The molecule has 0 spiro atoms. The maximum Gasteiger partial charge on any atom is 0.248 e. The van der Waals surface area contributed by atoms with Crippen LogP contribution in [0.5, 0.6) is 5.75 Å². The Morgan fingerprint density at radius 3 is 2.70 bits per heavy atom. The quantitative estimate of drug-likeness (QED) is 0.374.